The number of thioether (sulfide) groups is 1. The van der Waals surface area contributed by atoms with Gasteiger partial charge in [-0.05, 0) is 16.2 Å². The maximum Gasteiger partial charge on any atom is 0.220 e. The molecule has 1 amide bonds. The third-order valence-electron chi connectivity index (χ3n) is 3.60. The molecule has 29 heavy (non-hydrogen) atoms. The summed E-state index contributed by atoms with van der Waals surface area (Å²) in [5.41, 5.74) is 1.79. The highest BCUT2D eigenvalue weighted by Gasteiger charge is 2.18. The van der Waals surface area contributed by atoms with E-state index in [4.69, 9.17) is 16.3 Å². The van der Waals surface area contributed by atoms with E-state index >= 15 is 0 Å². The van der Waals surface area contributed by atoms with Gasteiger partial charge in [0.1, 0.15) is 5.71 Å². The van der Waals surface area contributed by atoms with Crippen LogP contribution in [0.5, 0.6) is 0 Å². The maximum atomic E-state index is 11.7. The number of amides is 1. The second-order valence-electron chi connectivity index (χ2n) is 5.95. The van der Waals surface area contributed by atoms with E-state index in [-0.39, 0.29) is 35.9 Å². The van der Waals surface area contributed by atoms with Gasteiger partial charge in [0.25, 0.3) is 0 Å². The van der Waals surface area contributed by atoms with Crippen molar-refractivity contribution >= 4 is 44.6 Å². The fourth-order valence-corrected chi connectivity index (χ4v) is 3.55. The second kappa shape index (κ2) is 10.6. The van der Waals surface area contributed by atoms with Crippen LogP contribution in [0.3, 0.4) is 0 Å². The molecule has 1 aromatic heterocycles. The number of nitrogens with two attached hydrogens (primary N) is 1. The lowest BCUT2D eigenvalue weighted by Crippen LogP contribution is -2.29. The summed E-state index contributed by atoms with van der Waals surface area (Å²) in [5.74, 6) is 3.50. The molecule has 0 aliphatic carbocycles. The van der Waals surface area contributed by atoms with Gasteiger partial charge in [-0.2, -0.15) is 0 Å². The molecule has 1 unspecified atom stereocenters. The van der Waals surface area contributed by atoms with Gasteiger partial charge in [0.15, 0.2) is 16.4 Å². The second-order valence-corrected chi connectivity index (χ2v) is 9.18. The first kappa shape index (κ1) is 22.4. The van der Waals surface area contributed by atoms with Crippen molar-refractivity contribution in [3.63, 3.8) is 0 Å². The average Bonchev–Trinajstić information content (AvgIpc) is 3.15. The van der Waals surface area contributed by atoms with Crippen molar-refractivity contribution in [3.8, 4) is 0 Å². The predicted octanol–water partition coefficient (Wildman–Crippen LogP) is 1.23. The number of rotatable bonds is 10. The van der Waals surface area contributed by atoms with E-state index in [2.05, 4.69) is 31.5 Å². The van der Waals surface area contributed by atoms with E-state index in [0.29, 0.717) is 23.0 Å². The van der Waals surface area contributed by atoms with Crippen molar-refractivity contribution < 1.29 is 18.8 Å². The number of oxime groups is 1. The Morgan fingerprint density at radius 2 is 2.28 bits per heavy atom. The number of nitrogens with zero attached hydrogens (tertiary/aromatic N) is 4. The normalized spacial score (nSPS) is 13.4. The standard InChI is InChI=1S/C17H20N6O4S2/c1-19-13-5-3-4-12(10-13)11-14(21-25)16-17(23-27-22-16)28-8-7-20-15(24)6-9-29(2,18)26/h3-5,10,25H,2,6-9,11H2,(H2,18,26)(H,20,24). The molecule has 1 atom stereocenters. The summed E-state index contributed by atoms with van der Waals surface area (Å²) >= 11 is 1.27. The lowest BCUT2D eigenvalue weighted by molar-refractivity contribution is -0.120. The molecule has 0 aliphatic heterocycles. The Bertz CT molecular complexity index is 1030. The minimum Gasteiger partial charge on any atom is -0.411 e. The number of hydrogen-bond acceptors (Lipinski definition) is 8. The number of nitrogens with one attached hydrogen (secondary N) is 1. The van der Waals surface area contributed by atoms with Gasteiger partial charge in [0.2, 0.25) is 5.91 Å². The van der Waals surface area contributed by atoms with Crippen molar-refractivity contribution in [2.75, 3.05) is 18.1 Å². The van der Waals surface area contributed by atoms with Crippen molar-refractivity contribution in [2.24, 2.45) is 10.3 Å². The summed E-state index contributed by atoms with van der Waals surface area (Å²) in [6, 6.07) is 6.93. The van der Waals surface area contributed by atoms with Crippen LogP contribution in [0, 0.1) is 6.57 Å². The molecule has 0 aliphatic rings. The lowest BCUT2D eigenvalue weighted by atomic mass is 10.1. The Labute approximate surface area is 172 Å². The van der Waals surface area contributed by atoms with Crippen LogP contribution in [0.15, 0.2) is 39.1 Å². The van der Waals surface area contributed by atoms with E-state index in [1.807, 2.05) is 0 Å². The third kappa shape index (κ3) is 7.57. The van der Waals surface area contributed by atoms with Gasteiger partial charge in [0, 0.05) is 40.6 Å². The molecule has 4 N–H and O–H groups in total. The fourth-order valence-electron chi connectivity index (χ4n) is 2.24. The number of carbonyl (C=O) groups is 1. The number of benzene rings is 1. The highest BCUT2D eigenvalue weighted by molar-refractivity contribution is 7.99. The molecule has 0 fully saturated rings. The van der Waals surface area contributed by atoms with E-state index < -0.39 is 9.71 Å². The van der Waals surface area contributed by atoms with Crippen molar-refractivity contribution in [3.05, 3.63) is 46.9 Å². The van der Waals surface area contributed by atoms with Gasteiger partial charge in [-0.3, -0.25) is 14.1 Å². The molecule has 2 aromatic rings. The van der Waals surface area contributed by atoms with Gasteiger partial charge in [0.05, 0.1) is 6.57 Å². The molecule has 0 bridgehead atoms. The van der Waals surface area contributed by atoms with E-state index in [1.54, 1.807) is 24.3 Å². The largest absolute Gasteiger partial charge is 0.411 e. The zero-order valence-electron chi connectivity index (χ0n) is 15.4. The SMILES string of the molecule is [C-]#[N+]c1cccc(CC(=NO)c2nonc2SCCNC(=O)CCS(=C)(N)=O)c1. The summed E-state index contributed by atoms with van der Waals surface area (Å²) < 4.78 is 16.0. The molecule has 1 aromatic carbocycles. The maximum absolute atomic E-state index is 11.7. The predicted molar refractivity (Wildman–Crippen MR) is 112 cm³/mol. The van der Waals surface area contributed by atoms with E-state index in [1.165, 1.54) is 11.8 Å². The molecule has 0 radical (unpaired) electrons. The summed E-state index contributed by atoms with van der Waals surface area (Å²) in [5, 5.41) is 28.7. The van der Waals surface area contributed by atoms with Crippen LogP contribution < -0.4 is 10.5 Å². The first-order valence-corrected chi connectivity index (χ1v) is 11.3. The topological polar surface area (TPSA) is 148 Å². The third-order valence-corrected chi connectivity index (χ3v) is 5.45. The molecule has 10 nitrogen and oxygen atoms in total. The summed E-state index contributed by atoms with van der Waals surface area (Å²) in [4.78, 5) is 15.1. The van der Waals surface area contributed by atoms with Crippen LogP contribution in [0.25, 0.3) is 4.85 Å². The van der Waals surface area contributed by atoms with Crippen LogP contribution in [-0.4, -0.2) is 55.3 Å². The number of carbonyl (C=O) groups excluding carboxylic acids is 1. The Morgan fingerprint density at radius 3 is 2.97 bits per heavy atom. The molecule has 0 saturated heterocycles. The highest BCUT2D eigenvalue weighted by atomic mass is 32.2. The monoisotopic (exact) mass is 436 g/mol. The molecule has 12 heteroatoms. The first-order chi connectivity index (χ1) is 13.8. The first-order valence-electron chi connectivity index (χ1n) is 8.35. The van der Waals surface area contributed by atoms with Crippen LogP contribution in [-0.2, 0) is 20.9 Å². The Hall–Kier alpha value is -2.88. The zero-order valence-corrected chi connectivity index (χ0v) is 17.0. The van der Waals surface area contributed by atoms with Crippen molar-refractivity contribution in [2.45, 2.75) is 17.9 Å². The highest BCUT2D eigenvalue weighted by Crippen LogP contribution is 2.22. The molecule has 0 spiro atoms. The zero-order chi connectivity index (χ0) is 21.3. The summed E-state index contributed by atoms with van der Waals surface area (Å²) in [6.07, 6.45) is 0.271. The van der Waals surface area contributed by atoms with Gasteiger partial charge in [-0.25, -0.2) is 9.47 Å². The van der Waals surface area contributed by atoms with Gasteiger partial charge < -0.3 is 10.5 Å². The number of aromatic nitrogens is 2. The van der Waals surface area contributed by atoms with E-state index in [0.717, 1.165) is 5.56 Å². The van der Waals surface area contributed by atoms with Crippen LogP contribution in [0.2, 0.25) is 0 Å². The lowest BCUT2D eigenvalue weighted by Gasteiger charge is -2.06. The van der Waals surface area contributed by atoms with Crippen LogP contribution in [0.4, 0.5) is 5.69 Å². The Morgan fingerprint density at radius 1 is 1.48 bits per heavy atom. The van der Waals surface area contributed by atoms with Crippen molar-refractivity contribution in [1.82, 2.24) is 15.6 Å². The average molecular weight is 437 g/mol. The van der Waals surface area contributed by atoms with Crippen molar-refractivity contribution in [1.29, 1.82) is 0 Å². The molecular weight excluding hydrogens is 416 g/mol. The van der Waals surface area contributed by atoms with Gasteiger partial charge >= 0.3 is 0 Å². The van der Waals surface area contributed by atoms with Crippen LogP contribution in [0.1, 0.15) is 17.7 Å². The minimum absolute atomic E-state index is 0.0222. The summed E-state index contributed by atoms with van der Waals surface area (Å²) in [6.45, 7) is 7.40. The molecular formula is C17H20N6O4S2. The molecule has 2 rings (SSSR count). The van der Waals surface area contributed by atoms with E-state index in [9.17, 15) is 14.2 Å². The minimum atomic E-state index is -2.68. The van der Waals surface area contributed by atoms with Gasteiger partial charge in [-0.15, -0.1) is 0 Å². The number of hydrogen-bond donors (Lipinski definition) is 3. The Kier molecular flexibility index (Phi) is 8.20. The smallest absolute Gasteiger partial charge is 0.220 e. The Balaban J connectivity index is 1.90. The molecule has 1 heterocycles. The molecule has 154 valence electrons. The van der Waals surface area contributed by atoms with Crippen LogP contribution >= 0.6 is 11.8 Å². The molecule has 0 saturated carbocycles. The quantitative estimate of drug-likeness (QED) is 0.0965. The fraction of sp³-hybridized carbons (Fsp3) is 0.294. The summed E-state index contributed by atoms with van der Waals surface area (Å²) in [7, 11) is -2.68. The van der Waals surface area contributed by atoms with Gasteiger partial charge in [-0.1, -0.05) is 46.7 Å².